The van der Waals surface area contributed by atoms with Crippen molar-refractivity contribution in [3.8, 4) is 5.75 Å². The Kier molecular flexibility index (Phi) is 2.99. The third-order valence-corrected chi connectivity index (χ3v) is 3.98. The number of ether oxygens (including phenoxy) is 1. The van der Waals surface area contributed by atoms with Gasteiger partial charge in [0.2, 0.25) is 0 Å². The molecule has 4 rings (SSSR count). The first-order valence-corrected chi connectivity index (χ1v) is 7.30. The van der Waals surface area contributed by atoms with Crippen LogP contribution in [0, 0.1) is 4.91 Å². The van der Waals surface area contributed by atoms with E-state index in [4.69, 9.17) is 4.74 Å². The van der Waals surface area contributed by atoms with E-state index in [0.29, 0.717) is 11.0 Å². The molecule has 0 unspecified atom stereocenters. The van der Waals surface area contributed by atoms with E-state index in [2.05, 4.69) is 15.1 Å². The second kappa shape index (κ2) is 5.05. The van der Waals surface area contributed by atoms with Crippen molar-refractivity contribution in [2.75, 3.05) is 6.61 Å². The summed E-state index contributed by atoms with van der Waals surface area (Å²) in [4.78, 5) is 30.8. The van der Waals surface area contributed by atoms with Crippen molar-refractivity contribution in [2.45, 2.75) is 6.92 Å². The molecular formula is C16H12N4O4. The highest BCUT2D eigenvalue weighted by Crippen LogP contribution is 2.44. The zero-order chi connectivity index (χ0) is 16.8. The third kappa shape index (κ3) is 1.67. The number of benzene rings is 1. The molecule has 0 aliphatic heterocycles. The summed E-state index contributed by atoms with van der Waals surface area (Å²) in [6, 6.07) is 5.22. The van der Waals surface area contributed by atoms with Gasteiger partial charge in [0.15, 0.2) is 11.4 Å². The first-order chi connectivity index (χ1) is 11.7. The van der Waals surface area contributed by atoms with Crippen LogP contribution in [-0.2, 0) is 4.74 Å². The van der Waals surface area contributed by atoms with E-state index in [1.807, 2.05) is 0 Å². The summed E-state index contributed by atoms with van der Waals surface area (Å²) in [5, 5.41) is 14.0. The van der Waals surface area contributed by atoms with E-state index >= 15 is 0 Å². The third-order valence-electron chi connectivity index (χ3n) is 3.98. The molecule has 0 saturated heterocycles. The van der Waals surface area contributed by atoms with E-state index in [-0.39, 0.29) is 40.0 Å². The summed E-state index contributed by atoms with van der Waals surface area (Å²) < 4.78 is 6.76. The molecular weight excluding hydrogens is 312 g/mol. The fourth-order valence-electron chi connectivity index (χ4n) is 3.06. The van der Waals surface area contributed by atoms with Gasteiger partial charge in [-0.05, 0) is 24.2 Å². The fraction of sp³-hybridized carbons (Fsp3) is 0.125. The van der Waals surface area contributed by atoms with Crippen molar-refractivity contribution in [2.24, 2.45) is 5.18 Å². The molecule has 8 nitrogen and oxygen atoms in total. The summed E-state index contributed by atoms with van der Waals surface area (Å²) in [5.41, 5.74) is 1.56. The van der Waals surface area contributed by atoms with Crippen LogP contribution in [0.25, 0.3) is 27.5 Å². The Hall–Kier alpha value is -3.42. The predicted octanol–water partition coefficient (Wildman–Crippen LogP) is 3.25. The Bertz CT molecular complexity index is 1130. The molecule has 0 bridgehead atoms. The number of carbonyl (C=O) groups excluding carboxylic acids is 1. The smallest absolute Gasteiger partial charge is 0.341 e. The van der Waals surface area contributed by atoms with E-state index in [1.165, 1.54) is 6.33 Å². The first kappa shape index (κ1) is 14.2. The number of pyridine rings is 1. The van der Waals surface area contributed by atoms with Crippen LogP contribution in [0.2, 0.25) is 0 Å². The number of carbonyl (C=O) groups is 1. The fourth-order valence-corrected chi connectivity index (χ4v) is 3.06. The molecule has 8 heteroatoms. The number of H-pyrrole nitrogens is 1. The van der Waals surface area contributed by atoms with Crippen molar-refractivity contribution >= 4 is 39.1 Å². The molecule has 2 N–H and O–H groups in total. The predicted molar refractivity (Wildman–Crippen MR) is 87.6 cm³/mol. The number of aromatic amines is 1. The molecule has 0 radical (unpaired) electrons. The Morgan fingerprint density at radius 2 is 2.29 bits per heavy atom. The van der Waals surface area contributed by atoms with Crippen molar-refractivity contribution in [3.05, 3.63) is 41.2 Å². The lowest BCUT2D eigenvalue weighted by Gasteiger charge is -2.04. The van der Waals surface area contributed by atoms with Crippen LogP contribution >= 0.6 is 0 Å². The van der Waals surface area contributed by atoms with Gasteiger partial charge in [-0.2, -0.15) is 0 Å². The Morgan fingerprint density at radius 1 is 1.46 bits per heavy atom. The van der Waals surface area contributed by atoms with Crippen molar-refractivity contribution in [3.63, 3.8) is 0 Å². The zero-order valence-corrected chi connectivity index (χ0v) is 12.6. The molecule has 1 aromatic carbocycles. The van der Waals surface area contributed by atoms with Gasteiger partial charge in [0.25, 0.3) is 0 Å². The molecule has 0 atom stereocenters. The van der Waals surface area contributed by atoms with Gasteiger partial charge in [-0.1, -0.05) is 6.07 Å². The van der Waals surface area contributed by atoms with Gasteiger partial charge in [-0.3, -0.25) is 0 Å². The summed E-state index contributed by atoms with van der Waals surface area (Å²) in [6.45, 7) is 1.89. The number of nitrogens with one attached hydrogen (secondary N) is 1. The highest BCUT2D eigenvalue weighted by Gasteiger charge is 2.27. The maximum atomic E-state index is 12.5. The lowest BCUT2D eigenvalue weighted by Crippen LogP contribution is -2.04. The summed E-state index contributed by atoms with van der Waals surface area (Å²) in [7, 11) is 0. The number of phenols is 1. The zero-order valence-electron chi connectivity index (χ0n) is 12.6. The summed E-state index contributed by atoms with van der Waals surface area (Å²) >= 11 is 0. The standard InChI is InChI=1S/C16H12N4O4/c1-2-24-16(22)9-8-5-3-4-6-20(8)14-10(9)15(21)13-11(12(14)19-23)17-7-18-13/h3-7,21H,2H2,1H3,(H,17,18). The number of hydrogen-bond acceptors (Lipinski definition) is 6. The van der Waals surface area contributed by atoms with Gasteiger partial charge in [0.05, 0.1) is 34.9 Å². The second-order valence-electron chi connectivity index (χ2n) is 5.19. The van der Waals surface area contributed by atoms with Crippen molar-refractivity contribution in [1.82, 2.24) is 14.4 Å². The number of imidazole rings is 1. The molecule has 0 saturated carbocycles. The minimum Gasteiger partial charge on any atom is -0.505 e. The second-order valence-corrected chi connectivity index (χ2v) is 5.19. The van der Waals surface area contributed by atoms with Crippen molar-refractivity contribution in [1.29, 1.82) is 0 Å². The van der Waals surface area contributed by atoms with Crippen LogP contribution < -0.4 is 0 Å². The summed E-state index contributed by atoms with van der Waals surface area (Å²) in [5.74, 6) is -0.751. The molecule has 4 aromatic rings. The van der Waals surface area contributed by atoms with Gasteiger partial charge in [0, 0.05) is 6.20 Å². The molecule has 0 aliphatic carbocycles. The lowest BCUT2D eigenvalue weighted by molar-refractivity contribution is 0.0530. The summed E-state index contributed by atoms with van der Waals surface area (Å²) in [6.07, 6.45) is 3.04. The van der Waals surface area contributed by atoms with E-state index in [9.17, 15) is 14.8 Å². The molecule has 24 heavy (non-hydrogen) atoms. The highest BCUT2D eigenvalue weighted by atomic mass is 16.5. The maximum absolute atomic E-state index is 12.5. The van der Waals surface area contributed by atoms with Crippen LogP contribution in [0.15, 0.2) is 35.9 Å². The number of nitroso groups, excluding NO2 is 1. The van der Waals surface area contributed by atoms with Crippen LogP contribution in [0.3, 0.4) is 0 Å². The molecule has 3 heterocycles. The average molecular weight is 324 g/mol. The lowest BCUT2D eigenvalue weighted by atomic mass is 10.1. The number of nitrogens with zero attached hydrogens (tertiary/aromatic N) is 3. The average Bonchev–Trinajstić information content (AvgIpc) is 3.19. The van der Waals surface area contributed by atoms with Gasteiger partial charge in [0.1, 0.15) is 11.0 Å². The first-order valence-electron chi connectivity index (χ1n) is 7.30. The van der Waals surface area contributed by atoms with Crippen LogP contribution in [0.4, 0.5) is 5.69 Å². The SMILES string of the molecule is CCOC(=O)c1c2c(O)c3[nH]cnc3c(N=O)c2n2ccccc12. The number of hydrogen-bond donors (Lipinski definition) is 2. The van der Waals surface area contributed by atoms with Crippen LogP contribution in [-0.4, -0.2) is 32.1 Å². The Morgan fingerprint density at radius 3 is 3.04 bits per heavy atom. The van der Waals surface area contributed by atoms with Crippen LogP contribution in [0.5, 0.6) is 5.75 Å². The number of fused-ring (bicyclic) bond motifs is 4. The van der Waals surface area contributed by atoms with Gasteiger partial charge in [-0.15, -0.1) is 4.91 Å². The number of esters is 1. The monoisotopic (exact) mass is 324 g/mol. The largest absolute Gasteiger partial charge is 0.505 e. The molecule has 120 valence electrons. The van der Waals surface area contributed by atoms with Crippen LogP contribution in [0.1, 0.15) is 17.3 Å². The molecule has 0 amide bonds. The molecule has 0 aliphatic rings. The van der Waals surface area contributed by atoms with Gasteiger partial charge < -0.3 is 19.2 Å². The normalized spacial score (nSPS) is 11.4. The quantitative estimate of drug-likeness (QED) is 0.444. The van der Waals surface area contributed by atoms with Gasteiger partial charge >= 0.3 is 5.97 Å². The number of phenolic OH excluding ortho intramolecular Hbond substituents is 1. The minimum atomic E-state index is -0.581. The Labute approximate surface area is 134 Å². The van der Waals surface area contributed by atoms with E-state index in [1.54, 1.807) is 35.7 Å². The van der Waals surface area contributed by atoms with E-state index < -0.39 is 5.97 Å². The highest BCUT2D eigenvalue weighted by molar-refractivity contribution is 6.21. The molecule has 0 fully saturated rings. The molecule has 3 aromatic heterocycles. The van der Waals surface area contributed by atoms with Gasteiger partial charge in [-0.25, -0.2) is 9.78 Å². The molecule has 0 spiro atoms. The van der Waals surface area contributed by atoms with E-state index in [0.717, 1.165) is 0 Å². The Balaban J connectivity index is 2.33. The topological polar surface area (TPSA) is 109 Å². The number of aromatic nitrogens is 3. The minimum absolute atomic E-state index is 0.0517. The number of aromatic hydroxyl groups is 1. The number of rotatable bonds is 3. The van der Waals surface area contributed by atoms with Crippen molar-refractivity contribution < 1.29 is 14.6 Å². The maximum Gasteiger partial charge on any atom is 0.341 e.